The van der Waals surface area contributed by atoms with Gasteiger partial charge in [0, 0.05) is 11.8 Å². The van der Waals surface area contributed by atoms with Crippen LogP contribution in [-0.4, -0.2) is 17.0 Å². The summed E-state index contributed by atoms with van der Waals surface area (Å²) in [6.45, 7) is 16.4. The Morgan fingerprint density at radius 2 is 1.62 bits per heavy atom. The molecule has 0 aromatic carbocycles. The molecule has 32 heavy (non-hydrogen) atoms. The van der Waals surface area contributed by atoms with E-state index in [2.05, 4.69) is 54.5 Å². The number of hydrogen-bond acceptors (Lipinski definition) is 2. The Labute approximate surface area is 197 Å². The lowest BCUT2D eigenvalue weighted by Gasteiger charge is -2.62. The molecule has 5 rings (SSSR count). The van der Waals surface area contributed by atoms with E-state index in [1.807, 2.05) is 0 Å². The van der Waals surface area contributed by atoms with Crippen LogP contribution >= 0.6 is 0 Å². The zero-order valence-electron chi connectivity index (χ0n) is 21.9. The van der Waals surface area contributed by atoms with Crippen molar-refractivity contribution in [2.75, 3.05) is 0 Å². The van der Waals surface area contributed by atoms with E-state index in [1.165, 1.54) is 56.9 Å². The van der Waals surface area contributed by atoms with Gasteiger partial charge in [0.25, 0.3) is 0 Å². The van der Waals surface area contributed by atoms with Crippen LogP contribution in [0.2, 0.25) is 0 Å². The zero-order chi connectivity index (χ0) is 23.3. The highest BCUT2D eigenvalue weighted by atomic mass is 16.3. The van der Waals surface area contributed by atoms with Crippen molar-refractivity contribution in [3.05, 3.63) is 11.6 Å². The summed E-state index contributed by atoms with van der Waals surface area (Å²) in [7, 11) is 0. The molecule has 0 bridgehead atoms. The fourth-order valence-electron chi connectivity index (χ4n) is 10.9. The number of carbonyl (C=O) groups excluding carboxylic acids is 1. The van der Waals surface area contributed by atoms with E-state index in [-0.39, 0.29) is 11.5 Å². The summed E-state index contributed by atoms with van der Waals surface area (Å²) in [6.07, 6.45) is 14.1. The smallest absolute Gasteiger partial charge is 0.138 e. The van der Waals surface area contributed by atoms with Gasteiger partial charge in [0.1, 0.15) is 5.78 Å². The van der Waals surface area contributed by atoms with Crippen molar-refractivity contribution in [3.8, 4) is 0 Å². The van der Waals surface area contributed by atoms with Gasteiger partial charge in [-0.05, 0) is 117 Å². The molecule has 0 aromatic heterocycles. The van der Waals surface area contributed by atoms with Crippen LogP contribution in [0.3, 0.4) is 0 Å². The molecule has 0 aromatic rings. The van der Waals surface area contributed by atoms with Crippen LogP contribution in [0, 0.1) is 50.7 Å². The van der Waals surface area contributed by atoms with Crippen LogP contribution in [0.5, 0.6) is 0 Å². The summed E-state index contributed by atoms with van der Waals surface area (Å²) < 4.78 is 0. The van der Waals surface area contributed by atoms with Crippen LogP contribution in [0.25, 0.3) is 0 Å². The first-order valence-electron chi connectivity index (χ1n) is 13.7. The zero-order valence-corrected chi connectivity index (χ0v) is 21.9. The van der Waals surface area contributed by atoms with Crippen LogP contribution in [0.4, 0.5) is 0 Å². The van der Waals surface area contributed by atoms with Crippen molar-refractivity contribution in [2.45, 2.75) is 119 Å². The van der Waals surface area contributed by atoms with Gasteiger partial charge in [-0.1, -0.05) is 46.3 Å². The van der Waals surface area contributed by atoms with Crippen molar-refractivity contribution in [2.24, 2.45) is 50.7 Å². The minimum absolute atomic E-state index is 0.115. The topological polar surface area (TPSA) is 37.3 Å². The molecular formula is C30H48O2. The minimum atomic E-state index is -0.224. The third kappa shape index (κ3) is 2.65. The Morgan fingerprint density at radius 1 is 0.969 bits per heavy atom. The summed E-state index contributed by atoms with van der Waals surface area (Å²) in [5.41, 5.74) is 2.90. The number of carbonyl (C=O) groups is 1. The second kappa shape index (κ2) is 6.96. The number of aliphatic hydroxyl groups is 1. The molecule has 1 N–H and O–H groups in total. The first-order valence-corrected chi connectivity index (χ1v) is 13.7. The number of hydrogen-bond donors (Lipinski definition) is 1. The maximum absolute atomic E-state index is 12.8. The van der Waals surface area contributed by atoms with Crippen LogP contribution in [0.1, 0.15) is 113 Å². The van der Waals surface area contributed by atoms with Gasteiger partial charge in [-0.15, -0.1) is 0 Å². The molecule has 2 heteroatoms. The van der Waals surface area contributed by atoms with E-state index in [0.29, 0.717) is 45.2 Å². The van der Waals surface area contributed by atoms with Gasteiger partial charge >= 0.3 is 0 Å². The molecule has 0 amide bonds. The second-order valence-electron chi connectivity index (χ2n) is 14.2. The number of ketones is 1. The van der Waals surface area contributed by atoms with E-state index >= 15 is 0 Å². The molecule has 9 atom stereocenters. The van der Waals surface area contributed by atoms with Gasteiger partial charge in [0.15, 0.2) is 0 Å². The molecule has 0 radical (unpaired) electrons. The van der Waals surface area contributed by atoms with Crippen molar-refractivity contribution in [1.29, 1.82) is 0 Å². The van der Waals surface area contributed by atoms with Gasteiger partial charge in [0.05, 0.1) is 6.10 Å². The van der Waals surface area contributed by atoms with E-state index in [9.17, 15) is 9.90 Å². The molecule has 5 saturated carbocycles. The molecule has 0 unspecified atom stereocenters. The van der Waals surface area contributed by atoms with Crippen molar-refractivity contribution < 1.29 is 9.90 Å². The van der Waals surface area contributed by atoms with Gasteiger partial charge in [0.2, 0.25) is 0 Å². The number of Topliss-reactive ketones (excluding diaryl/α,β-unsaturated/α-hetero) is 1. The molecule has 2 nitrogen and oxygen atoms in total. The SMILES string of the molecule is CC(C)=CC[C@@H](O)[C@@H](C)[C@H]1CC[C@@]2(C)[C@H]3CC[C@H]4C(C)(C)C(=O)CC[C@@]45C[C@@]35CC[C@]12C. The average Bonchev–Trinajstić information content (AvgIpc) is 3.31. The molecule has 180 valence electrons. The lowest BCUT2D eigenvalue weighted by molar-refractivity contribution is -0.158. The molecule has 5 aliphatic rings. The number of fused-ring (bicyclic) bond motifs is 2. The highest BCUT2D eigenvalue weighted by Gasteiger charge is 2.82. The van der Waals surface area contributed by atoms with Crippen LogP contribution < -0.4 is 0 Å². The molecule has 2 spiro atoms. The van der Waals surface area contributed by atoms with E-state index < -0.39 is 0 Å². The van der Waals surface area contributed by atoms with E-state index in [0.717, 1.165) is 18.8 Å². The summed E-state index contributed by atoms with van der Waals surface area (Å²) >= 11 is 0. The normalized spacial score (nSPS) is 50.4. The third-order valence-corrected chi connectivity index (χ3v) is 12.9. The highest BCUT2D eigenvalue weighted by Crippen LogP contribution is 2.88. The fourth-order valence-corrected chi connectivity index (χ4v) is 10.9. The maximum atomic E-state index is 12.8. The van der Waals surface area contributed by atoms with Crippen LogP contribution in [0.15, 0.2) is 11.6 Å². The number of aliphatic hydroxyl groups excluding tert-OH is 1. The summed E-state index contributed by atoms with van der Waals surface area (Å²) in [5, 5.41) is 11.1. The third-order valence-electron chi connectivity index (χ3n) is 12.9. The fraction of sp³-hybridized carbons (Fsp3) is 0.900. The number of allylic oxidation sites excluding steroid dienone is 1. The maximum Gasteiger partial charge on any atom is 0.138 e. The van der Waals surface area contributed by atoms with E-state index in [1.54, 1.807) is 0 Å². The van der Waals surface area contributed by atoms with E-state index in [4.69, 9.17) is 0 Å². The first kappa shape index (κ1) is 23.1. The second-order valence-corrected chi connectivity index (χ2v) is 14.2. The lowest BCUT2D eigenvalue weighted by atomic mass is 9.42. The largest absolute Gasteiger partial charge is 0.393 e. The standard InChI is InChI=1S/C30H48O2/c1-19(2)8-9-22(31)20(3)21-12-14-28(7)24-11-10-23-26(4,5)25(32)13-15-29(23)18-30(24,29)17-16-27(21,28)6/h8,20-24,31H,9-18H2,1-7H3/t20-,21+,22+,23-,24+,27+,28-,29+,30-/m0/s1. The van der Waals surface area contributed by atoms with Crippen molar-refractivity contribution in [1.82, 2.24) is 0 Å². The van der Waals surface area contributed by atoms with Crippen molar-refractivity contribution >= 4 is 5.78 Å². The monoisotopic (exact) mass is 440 g/mol. The molecule has 0 saturated heterocycles. The Hall–Kier alpha value is -0.630. The Morgan fingerprint density at radius 3 is 2.31 bits per heavy atom. The average molecular weight is 441 g/mol. The Bertz CT molecular complexity index is 836. The molecule has 5 fully saturated rings. The quantitative estimate of drug-likeness (QED) is 0.464. The predicted octanol–water partition coefficient (Wildman–Crippen LogP) is 7.35. The first-order chi connectivity index (χ1) is 14.9. The molecular weight excluding hydrogens is 392 g/mol. The van der Waals surface area contributed by atoms with Gasteiger partial charge in [-0.25, -0.2) is 0 Å². The Kier molecular flexibility index (Phi) is 5.03. The number of rotatable bonds is 4. The molecule has 0 aliphatic heterocycles. The van der Waals surface area contributed by atoms with Gasteiger partial charge in [-0.2, -0.15) is 0 Å². The summed E-state index contributed by atoms with van der Waals surface area (Å²) in [5.74, 6) is 2.95. The summed E-state index contributed by atoms with van der Waals surface area (Å²) in [6, 6.07) is 0. The lowest BCUT2D eigenvalue weighted by Crippen LogP contribution is -2.57. The summed E-state index contributed by atoms with van der Waals surface area (Å²) in [4.78, 5) is 12.8. The molecule has 5 aliphatic carbocycles. The van der Waals surface area contributed by atoms with Crippen LogP contribution in [-0.2, 0) is 4.79 Å². The van der Waals surface area contributed by atoms with Crippen molar-refractivity contribution in [3.63, 3.8) is 0 Å². The predicted molar refractivity (Wildman–Crippen MR) is 131 cm³/mol. The molecule has 0 heterocycles. The van der Waals surface area contributed by atoms with Gasteiger partial charge in [-0.3, -0.25) is 4.79 Å². The van der Waals surface area contributed by atoms with Gasteiger partial charge < -0.3 is 5.11 Å². The minimum Gasteiger partial charge on any atom is -0.393 e. The highest BCUT2D eigenvalue weighted by molar-refractivity contribution is 5.86. The Balaban J connectivity index is 1.43.